The zero-order valence-corrected chi connectivity index (χ0v) is 8.53. The fourth-order valence-corrected chi connectivity index (χ4v) is 0.356. The Morgan fingerprint density at radius 2 is 1.92 bits per heavy atom. The van der Waals surface area contributed by atoms with E-state index in [1.807, 2.05) is 0 Å². The molecule has 0 aliphatic heterocycles. The lowest BCUT2D eigenvalue weighted by atomic mass is 10.3. The van der Waals surface area contributed by atoms with Gasteiger partial charge in [-0.1, -0.05) is 0 Å². The number of carbonyl (C=O) groups is 1. The Labute approximate surface area is 77.6 Å². The molecule has 5 heteroatoms. The van der Waals surface area contributed by atoms with E-state index in [1.165, 1.54) is 6.92 Å². The molecule has 0 aromatic heterocycles. The van der Waals surface area contributed by atoms with Crippen LogP contribution in [0.4, 0.5) is 0 Å². The smallest absolute Gasteiger partial charge is 0.189 e. The minimum Gasteiger partial charge on any atom is -0.354 e. The first-order valence-corrected chi connectivity index (χ1v) is 3.88. The van der Waals surface area contributed by atoms with Crippen molar-refractivity contribution in [3.8, 4) is 0 Å². The molecule has 0 bridgehead atoms. The summed E-state index contributed by atoms with van der Waals surface area (Å²) in [6, 6.07) is 0. The quantitative estimate of drug-likeness (QED) is 0.386. The van der Waals surface area contributed by atoms with Gasteiger partial charge in [0, 0.05) is 21.0 Å². The van der Waals surface area contributed by atoms with Crippen molar-refractivity contribution in [1.82, 2.24) is 10.3 Å². The van der Waals surface area contributed by atoms with E-state index in [4.69, 9.17) is 12.2 Å². The predicted octanol–water partition coefficient (Wildman–Crippen LogP) is 0.387. The molecular formula is C7H13N3OS. The summed E-state index contributed by atoms with van der Waals surface area (Å²) in [5.41, 5.74) is 3.00. The van der Waals surface area contributed by atoms with Crippen LogP contribution in [0.1, 0.15) is 13.8 Å². The van der Waals surface area contributed by atoms with Crippen molar-refractivity contribution in [2.45, 2.75) is 13.8 Å². The molecule has 0 aromatic carbocycles. The molecule has 0 amide bonds. The number of hydrazone groups is 1. The molecule has 0 aromatic rings. The maximum Gasteiger partial charge on any atom is 0.189 e. The molecule has 0 spiro atoms. The molecule has 0 fully saturated rings. The number of carbonyl (C=O) groups excluding carboxylic acids is 1. The van der Waals surface area contributed by atoms with Gasteiger partial charge >= 0.3 is 0 Å². The van der Waals surface area contributed by atoms with Gasteiger partial charge in [0.25, 0.3) is 0 Å². The van der Waals surface area contributed by atoms with E-state index < -0.39 is 0 Å². The van der Waals surface area contributed by atoms with Crippen molar-refractivity contribution in [2.24, 2.45) is 5.10 Å². The molecule has 0 rings (SSSR count). The Balaban J connectivity index is 4.05. The number of hydrogen-bond acceptors (Lipinski definition) is 3. The lowest BCUT2D eigenvalue weighted by molar-refractivity contribution is -0.111. The zero-order valence-electron chi connectivity index (χ0n) is 7.71. The summed E-state index contributed by atoms with van der Waals surface area (Å²) in [6.07, 6.45) is 0. The van der Waals surface area contributed by atoms with Gasteiger partial charge in [-0.05, 0) is 19.1 Å². The summed E-state index contributed by atoms with van der Waals surface area (Å²) in [4.78, 5) is 12.4. The summed E-state index contributed by atoms with van der Waals surface area (Å²) in [5.74, 6) is -0.0657. The average Bonchev–Trinajstić information content (AvgIpc) is 1.98. The highest BCUT2D eigenvalue weighted by atomic mass is 32.1. The van der Waals surface area contributed by atoms with E-state index in [0.29, 0.717) is 10.8 Å². The summed E-state index contributed by atoms with van der Waals surface area (Å²) in [7, 11) is 3.60. The highest BCUT2D eigenvalue weighted by Gasteiger charge is 1.99. The highest BCUT2D eigenvalue weighted by molar-refractivity contribution is 7.80. The fourth-order valence-electron chi connectivity index (χ4n) is 0.310. The first-order chi connectivity index (χ1) is 5.45. The molecule has 0 aliphatic carbocycles. The van der Waals surface area contributed by atoms with Crippen LogP contribution in [0.3, 0.4) is 0 Å². The SMILES string of the molecule is CC(=O)C(C)=NNC(=S)N(C)C. The molecule has 0 heterocycles. The molecule has 68 valence electrons. The van der Waals surface area contributed by atoms with Crippen molar-refractivity contribution >= 4 is 28.8 Å². The van der Waals surface area contributed by atoms with Crippen LogP contribution in [0.2, 0.25) is 0 Å². The molecule has 1 N–H and O–H groups in total. The highest BCUT2D eigenvalue weighted by Crippen LogP contribution is 1.81. The first kappa shape index (κ1) is 11.0. The topological polar surface area (TPSA) is 44.7 Å². The van der Waals surface area contributed by atoms with Gasteiger partial charge < -0.3 is 4.90 Å². The Morgan fingerprint density at radius 1 is 1.42 bits per heavy atom. The molecule has 4 nitrogen and oxygen atoms in total. The third-order valence-corrected chi connectivity index (χ3v) is 1.69. The summed E-state index contributed by atoms with van der Waals surface area (Å²) in [5, 5.41) is 4.26. The van der Waals surface area contributed by atoms with Crippen molar-refractivity contribution in [1.29, 1.82) is 0 Å². The van der Waals surface area contributed by atoms with Gasteiger partial charge in [0.15, 0.2) is 10.9 Å². The van der Waals surface area contributed by atoms with Crippen LogP contribution in [0, 0.1) is 0 Å². The second-order valence-corrected chi connectivity index (χ2v) is 2.95. The lowest BCUT2D eigenvalue weighted by Gasteiger charge is -2.11. The van der Waals surface area contributed by atoms with Gasteiger partial charge in [0.2, 0.25) is 0 Å². The number of nitrogens with one attached hydrogen (secondary N) is 1. The summed E-state index contributed by atoms with van der Waals surface area (Å²) < 4.78 is 0. The molecule has 0 saturated carbocycles. The van der Waals surface area contributed by atoms with Gasteiger partial charge in [-0.25, -0.2) is 0 Å². The third-order valence-electron chi connectivity index (χ3n) is 1.23. The molecule has 0 radical (unpaired) electrons. The predicted molar refractivity (Wildman–Crippen MR) is 53.2 cm³/mol. The van der Waals surface area contributed by atoms with Crippen molar-refractivity contribution < 1.29 is 4.79 Å². The standard InChI is InChI=1S/C7H13N3OS/c1-5(6(2)11)8-9-7(12)10(3)4/h1-4H3,(H,9,12). The van der Waals surface area contributed by atoms with Crippen LogP contribution in [-0.2, 0) is 4.79 Å². The molecule has 0 aliphatic rings. The Morgan fingerprint density at radius 3 is 2.25 bits per heavy atom. The monoisotopic (exact) mass is 187 g/mol. The molecule has 0 saturated heterocycles. The van der Waals surface area contributed by atoms with E-state index in [2.05, 4.69) is 10.5 Å². The van der Waals surface area contributed by atoms with Gasteiger partial charge in [0.1, 0.15) is 5.71 Å². The maximum atomic E-state index is 10.7. The second kappa shape index (κ2) is 4.82. The Kier molecular flexibility index (Phi) is 4.43. The molecule has 12 heavy (non-hydrogen) atoms. The lowest BCUT2D eigenvalue weighted by Crippen LogP contribution is -2.31. The average molecular weight is 187 g/mol. The van der Waals surface area contributed by atoms with Crippen LogP contribution in [0.25, 0.3) is 0 Å². The fraction of sp³-hybridized carbons (Fsp3) is 0.571. The van der Waals surface area contributed by atoms with E-state index in [-0.39, 0.29) is 5.78 Å². The number of ketones is 1. The number of nitrogens with zero attached hydrogens (tertiary/aromatic N) is 2. The van der Waals surface area contributed by atoms with E-state index in [0.717, 1.165) is 0 Å². The largest absolute Gasteiger partial charge is 0.354 e. The van der Waals surface area contributed by atoms with Crippen LogP contribution in [0.15, 0.2) is 5.10 Å². The van der Waals surface area contributed by atoms with Gasteiger partial charge in [-0.15, -0.1) is 0 Å². The Bertz CT molecular complexity index is 223. The number of rotatable bonds is 2. The van der Waals surface area contributed by atoms with Crippen molar-refractivity contribution in [2.75, 3.05) is 14.1 Å². The number of thiocarbonyl (C=S) groups is 1. The molecular weight excluding hydrogens is 174 g/mol. The number of Topliss-reactive ketones (excluding diaryl/α,β-unsaturated/α-hetero) is 1. The number of hydrogen-bond donors (Lipinski definition) is 1. The van der Waals surface area contributed by atoms with Crippen molar-refractivity contribution in [3.05, 3.63) is 0 Å². The third kappa shape index (κ3) is 4.02. The van der Waals surface area contributed by atoms with Crippen LogP contribution >= 0.6 is 12.2 Å². The van der Waals surface area contributed by atoms with Crippen LogP contribution < -0.4 is 5.43 Å². The summed E-state index contributed by atoms with van der Waals surface area (Å²) in [6.45, 7) is 3.09. The zero-order chi connectivity index (χ0) is 9.72. The second-order valence-electron chi connectivity index (χ2n) is 2.56. The minimum absolute atomic E-state index is 0.0657. The van der Waals surface area contributed by atoms with E-state index in [1.54, 1.807) is 25.9 Å². The molecule has 0 atom stereocenters. The van der Waals surface area contributed by atoms with Crippen LogP contribution in [-0.4, -0.2) is 35.6 Å². The van der Waals surface area contributed by atoms with Gasteiger partial charge in [-0.2, -0.15) is 5.10 Å². The van der Waals surface area contributed by atoms with Crippen LogP contribution in [0.5, 0.6) is 0 Å². The maximum absolute atomic E-state index is 10.7. The molecule has 0 unspecified atom stereocenters. The Hall–Kier alpha value is -0.970. The van der Waals surface area contributed by atoms with Crippen molar-refractivity contribution in [3.63, 3.8) is 0 Å². The van der Waals surface area contributed by atoms with E-state index in [9.17, 15) is 4.79 Å². The summed E-state index contributed by atoms with van der Waals surface area (Å²) >= 11 is 4.88. The van der Waals surface area contributed by atoms with Gasteiger partial charge in [-0.3, -0.25) is 10.2 Å². The van der Waals surface area contributed by atoms with Gasteiger partial charge in [0.05, 0.1) is 0 Å². The minimum atomic E-state index is -0.0657. The van der Waals surface area contributed by atoms with E-state index >= 15 is 0 Å². The first-order valence-electron chi connectivity index (χ1n) is 3.47. The normalized spacial score (nSPS) is 10.8.